The summed E-state index contributed by atoms with van der Waals surface area (Å²) in [6.07, 6.45) is 4.42. The third-order valence-corrected chi connectivity index (χ3v) is 3.27. The third kappa shape index (κ3) is 6.20. The molecule has 1 amide bonds. The second kappa shape index (κ2) is 8.43. The SMILES string of the molecule is CC(C)Cc1cc(CNC(=O)CN(C)Cc2cccnc2)on1. The van der Waals surface area contributed by atoms with Gasteiger partial charge in [0.05, 0.1) is 18.8 Å². The van der Waals surface area contributed by atoms with Crippen molar-refractivity contribution in [1.29, 1.82) is 0 Å². The lowest BCUT2D eigenvalue weighted by Crippen LogP contribution is -2.34. The lowest BCUT2D eigenvalue weighted by atomic mass is 10.1. The number of hydrogen-bond acceptors (Lipinski definition) is 5. The van der Waals surface area contributed by atoms with E-state index in [1.807, 2.05) is 30.1 Å². The van der Waals surface area contributed by atoms with E-state index in [9.17, 15) is 4.79 Å². The highest BCUT2D eigenvalue weighted by molar-refractivity contribution is 5.77. The van der Waals surface area contributed by atoms with Gasteiger partial charge in [-0.1, -0.05) is 25.1 Å². The highest BCUT2D eigenvalue weighted by atomic mass is 16.5. The molecule has 124 valence electrons. The molecule has 23 heavy (non-hydrogen) atoms. The minimum Gasteiger partial charge on any atom is -0.359 e. The van der Waals surface area contributed by atoms with Crippen LogP contribution in [-0.4, -0.2) is 34.5 Å². The van der Waals surface area contributed by atoms with Crippen molar-refractivity contribution in [2.45, 2.75) is 33.4 Å². The maximum atomic E-state index is 12.0. The Morgan fingerprint density at radius 1 is 1.43 bits per heavy atom. The van der Waals surface area contributed by atoms with Crippen LogP contribution in [0.25, 0.3) is 0 Å². The number of carbonyl (C=O) groups excluding carboxylic acids is 1. The second-order valence-electron chi connectivity index (χ2n) is 6.19. The van der Waals surface area contributed by atoms with Crippen molar-refractivity contribution in [2.24, 2.45) is 5.92 Å². The van der Waals surface area contributed by atoms with Gasteiger partial charge in [0.1, 0.15) is 0 Å². The molecule has 2 aromatic rings. The van der Waals surface area contributed by atoms with E-state index in [1.165, 1.54) is 0 Å². The molecule has 0 saturated carbocycles. The molecule has 2 heterocycles. The summed E-state index contributed by atoms with van der Waals surface area (Å²) in [5.74, 6) is 1.17. The van der Waals surface area contributed by atoms with Gasteiger partial charge < -0.3 is 9.84 Å². The molecule has 0 unspecified atom stereocenters. The Bertz CT molecular complexity index is 610. The van der Waals surface area contributed by atoms with Gasteiger partial charge in [0.25, 0.3) is 0 Å². The molecule has 2 rings (SSSR count). The third-order valence-electron chi connectivity index (χ3n) is 3.27. The van der Waals surface area contributed by atoms with Crippen LogP contribution >= 0.6 is 0 Å². The number of carbonyl (C=O) groups is 1. The van der Waals surface area contributed by atoms with E-state index >= 15 is 0 Å². The summed E-state index contributed by atoms with van der Waals surface area (Å²) in [4.78, 5) is 18.0. The van der Waals surface area contributed by atoms with E-state index in [4.69, 9.17) is 4.52 Å². The summed E-state index contributed by atoms with van der Waals surface area (Å²) < 4.78 is 5.23. The molecule has 0 radical (unpaired) electrons. The summed E-state index contributed by atoms with van der Waals surface area (Å²) in [5.41, 5.74) is 2.01. The van der Waals surface area contributed by atoms with Gasteiger partial charge in [-0.3, -0.25) is 14.7 Å². The molecule has 0 aliphatic rings. The Balaban J connectivity index is 1.73. The van der Waals surface area contributed by atoms with E-state index in [2.05, 4.69) is 29.3 Å². The van der Waals surface area contributed by atoms with Crippen molar-refractivity contribution in [3.05, 3.63) is 47.6 Å². The molecular weight excluding hydrogens is 292 g/mol. The molecule has 0 aliphatic heterocycles. The van der Waals surface area contributed by atoms with Crippen LogP contribution in [0.1, 0.15) is 30.9 Å². The lowest BCUT2D eigenvalue weighted by Gasteiger charge is -2.15. The maximum absolute atomic E-state index is 12.0. The van der Waals surface area contributed by atoms with Crippen LogP contribution < -0.4 is 5.32 Å². The number of pyridine rings is 1. The van der Waals surface area contributed by atoms with Gasteiger partial charge in [0, 0.05) is 25.0 Å². The summed E-state index contributed by atoms with van der Waals surface area (Å²) >= 11 is 0. The first kappa shape index (κ1) is 17.1. The molecule has 0 spiro atoms. The van der Waals surface area contributed by atoms with Gasteiger partial charge in [-0.2, -0.15) is 0 Å². The first-order valence-electron chi connectivity index (χ1n) is 7.81. The van der Waals surface area contributed by atoms with E-state index in [0.717, 1.165) is 17.7 Å². The van der Waals surface area contributed by atoms with Crippen molar-refractivity contribution in [3.63, 3.8) is 0 Å². The minimum absolute atomic E-state index is 0.0433. The number of amides is 1. The van der Waals surface area contributed by atoms with E-state index in [-0.39, 0.29) is 5.91 Å². The molecule has 1 N–H and O–H groups in total. The van der Waals surface area contributed by atoms with Crippen molar-refractivity contribution in [2.75, 3.05) is 13.6 Å². The average Bonchev–Trinajstić information content (AvgIpc) is 2.92. The predicted octanol–water partition coefficient (Wildman–Crippen LogP) is 2.02. The Morgan fingerprint density at radius 3 is 2.96 bits per heavy atom. The summed E-state index contributed by atoms with van der Waals surface area (Å²) in [6, 6.07) is 5.79. The first-order valence-corrected chi connectivity index (χ1v) is 7.81. The van der Waals surface area contributed by atoms with E-state index in [1.54, 1.807) is 12.4 Å². The van der Waals surface area contributed by atoms with Crippen LogP contribution in [0.4, 0.5) is 0 Å². The molecule has 2 aromatic heterocycles. The number of aromatic nitrogens is 2. The van der Waals surface area contributed by atoms with Crippen LogP contribution in [0.5, 0.6) is 0 Å². The van der Waals surface area contributed by atoms with Gasteiger partial charge in [-0.25, -0.2) is 0 Å². The van der Waals surface area contributed by atoms with Crippen molar-refractivity contribution >= 4 is 5.91 Å². The molecule has 0 atom stereocenters. The molecule has 6 nitrogen and oxygen atoms in total. The highest BCUT2D eigenvalue weighted by Crippen LogP contribution is 2.09. The highest BCUT2D eigenvalue weighted by Gasteiger charge is 2.10. The standard InChI is InChI=1S/C17H24N4O2/c1-13(2)7-15-8-16(23-20-15)10-19-17(22)12-21(3)11-14-5-4-6-18-9-14/h4-6,8-9,13H,7,10-12H2,1-3H3,(H,19,22). The Labute approximate surface area is 136 Å². The number of likely N-dealkylation sites (N-methyl/N-ethyl adjacent to an activating group) is 1. The molecule has 0 bridgehead atoms. The van der Waals surface area contributed by atoms with Crippen molar-refractivity contribution < 1.29 is 9.32 Å². The fraction of sp³-hybridized carbons (Fsp3) is 0.471. The molecule has 6 heteroatoms. The minimum atomic E-state index is -0.0433. The van der Waals surface area contributed by atoms with Crippen molar-refractivity contribution in [3.8, 4) is 0 Å². The monoisotopic (exact) mass is 316 g/mol. The molecule has 0 aromatic carbocycles. The number of nitrogens with one attached hydrogen (secondary N) is 1. The van der Waals surface area contributed by atoms with Gasteiger partial charge in [0.15, 0.2) is 5.76 Å². The van der Waals surface area contributed by atoms with Gasteiger partial charge in [-0.15, -0.1) is 0 Å². The topological polar surface area (TPSA) is 71.3 Å². The Hall–Kier alpha value is -2.21. The van der Waals surface area contributed by atoms with Crippen LogP contribution in [0.3, 0.4) is 0 Å². The number of rotatable bonds is 8. The fourth-order valence-corrected chi connectivity index (χ4v) is 2.30. The zero-order valence-corrected chi connectivity index (χ0v) is 14.0. The van der Waals surface area contributed by atoms with Crippen LogP contribution in [0.15, 0.2) is 35.1 Å². The van der Waals surface area contributed by atoms with Crippen LogP contribution in [-0.2, 0) is 24.3 Å². The van der Waals surface area contributed by atoms with Gasteiger partial charge in [-0.05, 0) is 31.0 Å². The van der Waals surface area contributed by atoms with Gasteiger partial charge >= 0.3 is 0 Å². The number of hydrogen-bond donors (Lipinski definition) is 1. The largest absolute Gasteiger partial charge is 0.359 e. The molecular formula is C17H24N4O2. The Morgan fingerprint density at radius 2 is 2.26 bits per heavy atom. The quantitative estimate of drug-likeness (QED) is 0.806. The van der Waals surface area contributed by atoms with Crippen LogP contribution in [0.2, 0.25) is 0 Å². The molecule has 0 saturated heterocycles. The zero-order chi connectivity index (χ0) is 16.7. The summed E-state index contributed by atoms with van der Waals surface area (Å²) in [5, 5.41) is 6.86. The van der Waals surface area contributed by atoms with Crippen molar-refractivity contribution in [1.82, 2.24) is 20.4 Å². The first-order chi connectivity index (χ1) is 11.0. The molecule has 0 fully saturated rings. The van der Waals surface area contributed by atoms with E-state index in [0.29, 0.717) is 31.3 Å². The van der Waals surface area contributed by atoms with E-state index < -0.39 is 0 Å². The summed E-state index contributed by atoms with van der Waals surface area (Å²) in [6.45, 7) is 5.64. The normalized spacial score (nSPS) is 11.2. The smallest absolute Gasteiger partial charge is 0.234 e. The predicted molar refractivity (Wildman–Crippen MR) is 87.5 cm³/mol. The fourth-order valence-electron chi connectivity index (χ4n) is 2.30. The lowest BCUT2D eigenvalue weighted by molar-refractivity contribution is -0.122. The average molecular weight is 316 g/mol. The van der Waals surface area contributed by atoms with Gasteiger partial charge in [0.2, 0.25) is 5.91 Å². The summed E-state index contributed by atoms with van der Waals surface area (Å²) in [7, 11) is 1.90. The second-order valence-corrected chi connectivity index (χ2v) is 6.19. The maximum Gasteiger partial charge on any atom is 0.234 e. The number of nitrogens with zero attached hydrogens (tertiary/aromatic N) is 3. The zero-order valence-electron chi connectivity index (χ0n) is 14.0. The molecule has 0 aliphatic carbocycles. The Kier molecular flexibility index (Phi) is 6.29. The van der Waals surface area contributed by atoms with Crippen LogP contribution in [0, 0.1) is 5.92 Å².